The first kappa shape index (κ1) is 15.7. The van der Waals surface area contributed by atoms with Crippen LogP contribution in [0, 0.1) is 0 Å². The van der Waals surface area contributed by atoms with E-state index in [-0.39, 0.29) is 18.1 Å². The number of β-amino-alcohol motifs (C(OH)–C–C–N with tert-alkyl or cyclic N) is 1. The molecule has 9 nitrogen and oxygen atoms in total. The number of anilines is 2. The Morgan fingerprint density at radius 3 is 2.68 bits per heavy atom. The van der Waals surface area contributed by atoms with Gasteiger partial charge in [0.15, 0.2) is 0 Å². The van der Waals surface area contributed by atoms with Crippen LogP contribution < -0.4 is 10.2 Å². The molecule has 2 N–H and O–H groups in total. The first-order chi connectivity index (χ1) is 12.2. The normalized spacial score (nSPS) is 20.4. The molecule has 0 bridgehead atoms. The Labute approximate surface area is 144 Å². The van der Waals surface area contributed by atoms with Crippen LogP contribution in [0.4, 0.5) is 16.4 Å². The summed E-state index contributed by atoms with van der Waals surface area (Å²) in [5.41, 5.74) is 0. The summed E-state index contributed by atoms with van der Waals surface area (Å²) in [5, 5.41) is 12.4. The maximum absolute atomic E-state index is 12.3. The van der Waals surface area contributed by atoms with Crippen LogP contribution in [0.2, 0.25) is 0 Å². The highest BCUT2D eigenvalue weighted by Crippen LogP contribution is 2.25. The van der Waals surface area contributed by atoms with Crippen molar-refractivity contribution in [3.05, 3.63) is 36.7 Å². The van der Waals surface area contributed by atoms with Gasteiger partial charge in [-0.15, -0.1) is 0 Å². The van der Waals surface area contributed by atoms with Gasteiger partial charge < -0.3 is 14.9 Å². The third-order valence-electron chi connectivity index (χ3n) is 4.49. The molecule has 2 saturated heterocycles. The van der Waals surface area contributed by atoms with Gasteiger partial charge in [0.1, 0.15) is 23.8 Å². The number of nitrogens with zero attached hydrogens (tertiary/aromatic N) is 6. The lowest BCUT2D eigenvalue weighted by molar-refractivity contribution is 0.160. The zero-order valence-corrected chi connectivity index (χ0v) is 13.6. The minimum absolute atomic E-state index is 0.180. The Hall–Kier alpha value is -2.81. The second-order valence-corrected chi connectivity index (χ2v) is 6.29. The Bertz CT molecular complexity index is 751. The van der Waals surface area contributed by atoms with Crippen LogP contribution >= 0.6 is 0 Å². The van der Waals surface area contributed by atoms with Gasteiger partial charge in [0.25, 0.3) is 0 Å². The molecular weight excluding hydrogens is 322 g/mol. The maximum Gasteiger partial charge on any atom is 0.323 e. The SMILES string of the molecule is O=C(Nc1cc(N2CCC(O)C2)ncn1)N1CC(c2ncccn2)C1. The average molecular weight is 341 g/mol. The highest BCUT2D eigenvalue weighted by molar-refractivity contribution is 5.89. The van der Waals surface area contributed by atoms with Crippen LogP contribution in [0.5, 0.6) is 0 Å². The van der Waals surface area contributed by atoms with Gasteiger partial charge in [-0.25, -0.2) is 24.7 Å². The van der Waals surface area contributed by atoms with Crippen molar-refractivity contribution in [1.82, 2.24) is 24.8 Å². The Morgan fingerprint density at radius 1 is 1.16 bits per heavy atom. The molecule has 2 amide bonds. The van der Waals surface area contributed by atoms with E-state index in [2.05, 4.69) is 25.3 Å². The summed E-state index contributed by atoms with van der Waals surface area (Å²) in [5.74, 6) is 2.11. The van der Waals surface area contributed by atoms with Gasteiger partial charge in [-0.3, -0.25) is 5.32 Å². The fraction of sp³-hybridized carbons (Fsp3) is 0.438. The lowest BCUT2D eigenvalue weighted by atomic mass is 10.00. The molecule has 2 aliphatic rings. The summed E-state index contributed by atoms with van der Waals surface area (Å²) in [6.07, 6.45) is 5.24. The topological polar surface area (TPSA) is 107 Å². The second-order valence-electron chi connectivity index (χ2n) is 6.29. The smallest absolute Gasteiger partial charge is 0.323 e. The van der Waals surface area contributed by atoms with Gasteiger partial charge in [-0.1, -0.05) is 0 Å². The van der Waals surface area contributed by atoms with Gasteiger partial charge in [0.2, 0.25) is 0 Å². The molecule has 4 rings (SSSR count). The highest BCUT2D eigenvalue weighted by atomic mass is 16.3. The van der Waals surface area contributed by atoms with Crippen LogP contribution in [-0.2, 0) is 0 Å². The van der Waals surface area contributed by atoms with Gasteiger partial charge in [-0.05, 0) is 12.5 Å². The van der Waals surface area contributed by atoms with Gasteiger partial charge >= 0.3 is 6.03 Å². The predicted molar refractivity (Wildman–Crippen MR) is 90.2 cm³/mol. The van der Waals surface area contributed by atoms with Crippen LogP contribution in [0.3, 0.4) is 0 Å². The van der Waals surface area contributed by atoms with Crippen LogP contribution in [0.1, 0.15) is 18.2 Å². The van der Waals surface area contributed by atoms with Crippen molar-refractivity contribution < 1.29 is 9.90 Å². The molecule has 25 heavy (non-hydrogen) atoms. The molecule has 130 valence electrons. The Morgan fingerprint density at radius 2 is 1.96 bits per heavy atom. The van der Waals surface area contributed by atoms with Gasteiger partial charge in [-0.2, -0.15) is 0 Å². The number of likely N-dealkylation sites (tertiary alicyclic amines) is 1. The lowest BCUT2D eigenvalue weighted by Crippen LogP contribution is -2.50. The molecule has 4 heterocycles. The summed E-state index contributed by atoms with van der Waals surface area (Å²) in [6.45, 7) is 2.48. The molecule has 0 radical (unpaired) electrons. The van der Waals surface area contributed by atoms with Crippen molar-refractivity contribution in [2.24, 2.45) is 0 Å². The largest absolute Gasteiger partial charge is 0.391 e. The molecule has 0 aliphatic carbocycles. The monoisotopic (exact) mass is 341 g/mol. The van der Waals surface area contributed by atoms with Crippen molar-refractivity contribution >= 4 is 17.7 Å². The van der Waals surface area contributed by atoms with Crippen molar-refractivity contribution in [3.8, 4) is 0 Å². The van der Waals surface area contributed by atoms with E-state index in [0.717, 1.165) is 18.8 Å². The standard InChI is InChI=1S/C16H19N7O2/c24-12-2-5-22(9-12)14-6-13(19-10-20-14)21-16(25)23-7-11(8-23)15-17-3-1-4-18-15/h1,3-4,6,10-12,24H,2,5,7-9H2,(H,19,20,21,25). The number of rotatable bonds is 3. The number of carbonyl (C=O) groups is 1. The number of aliphatic hydroxyl groups is 1. The third kappa shape index (κ3) is 3.36. The summed E-state index contributed by atoms with van der Waals surface area (Å²) in [4.78, 5) is 32.8. The molecule has 0 spiro atoms. The molecule has 0 saturated carbocycles. The molecule has 1 atom stereocenters. The van der Waals surface area contributed by atoms with E-state index in [1.54, 1.807) is 29.4 Å². The summed E-state index contributed by atoms with van der Waals surface area (Å²) in [6, 6.07) is 3.31. The Balaban J connectivity index is 1.34. The van der Waals surface area contributed by atoms with Crippen molar-refractivity contribution in [1.29, 1.82) is 0 Å². The second kappa shape index (κ2) is 6.60. The van der Waals surface area contributed by atoms with E-state index in [9.17, 15) is 9.90 Å². The van der Waals surface area contributed by atoms with Crippen LogP contribution in [0.15, 0.2) is 30.9 Å². The van der Waals surface area contributed by atoms with E-state index < -0.39 is 0 Å². The number of hydrogen-bond acceptors (Lipinski definition) is 7. The summed E-state index contributed by atoms with van der Waals surface area (Å²) in [7, 11) is 0. The fourth-order valence-corrected chi connectivity index (χ4v) is 3.06. The van der Waals surface area contributed by atoms with E-state index in [4.69, 9.17) is 0 Å². The molecule has 2 aromatic heterocycles. The zero-order valence-electron chi connectivity index (χ0n) is 13.6. The zero-order chi connectivity index (χ0) is 17.2. The number of nitrogens with one attached hydrogen (secondary N) is 1. The Kier molecular flexibility index (Phi) is 4.14. The van der Waals surface area contributed by atoms with E-state index in [0.29, 0.717) is 31.3 Å². The number of aromatic nitrogens is 4. The minimum atomic E-state index is -0.328. The summed E-state index contributed by atoms with van der Waals surface area (Å²) < 4.78 is 0. The number of amides is 2. The van der Waals surface area contributed by atoms with Gasteiger partial charge in [0, 0.05) is 44.6 Å². The molecule has 1 unspecified atom stereocenters. The quantitative estimate of drug-likeness (QED) is 0.835. The molecule has 9 heteroatoms. The molecule has 2 aromatic rings. The molecular formula is C16H19N7O2. The van der Waals surface area contributed by atoms with E-state index >= 15 is 0 Å². The first-order valence-corrected chi connectivity index (χ1v) is 8.27. The van der Waals surface area contributed by atoms with E-state index in [1.165, 1.54) is 6.33 Å². The number of urea groups is 1. The number of aliphatic hydroxyl groups excluding tert-OH is 1. The van der Waals surface area contributed by atoms with Gasteiger partial charge in [0.05, 0.1) is 12.0 Å². The number of hydrogen-bond donors (Lipinski definition) is 2. The van der Waals surface area contributed by atoms with Crippen LogP contribution in [-0.4, -0.2) is 68.3 Å². The van der Waals surface area contributed by atoms with Crippen molar-refractivity contribution in [3.63, 3.8) is 0 Å². The predicted octanol–water partition coefficient (Wildman–Crippen LogP) is 0.469. The maximum atomic E-state index is 12.3. The van der Waals surface area contributed by atoms with Crippen molar-refractivity contribution in [2.75, 3.05) is 36.4 Å². The van der Waals surface area contributed by atoms with Crippen molar-refractivity contribution in [2.45, 2.75) is 18.4 Å². The molecule has 0 aromatic carbocycles. The lowest BCUT2D eigenvalue weighted by Gasteiger charge is -2.37. The summed E-state index contributed by atoms with van der Waals surface area (Å²) >= 11 is 0. The first-order valence-electron chi connectivity index (χ1n) is 8.27. The van der Waals surface area contributed by atoms with E-state index in [1.807, 2.05) is 4.90 Å². The third-order valence-corrected chi connectivity index (χ3v) is 4.49. The highest BCUT2D eigenvalue weighted by Gasteiger charge is 2.33. The average Bonchev–Trinajstić information content (AvgIpc) is 3.01. The fourth-order valence-electron chi connectivity index (χ4n) is 3.06. The molecule has 2 aliphatic heterocycles. The molecule has 2 fully saturated rings. The van der Waals surface area contributed by atoms with Crippen LogP contribution in [0.25, 0.3) is 0 Å². The minimum Gasteiger partial charge on any atom is -0.391 e. The number of carbonyl (C=O) groups excluding carboxylic acids is 1.